The van der Waals surface area contributed by atoms with Crippen molar-refractivity contribution in [2.75, 3.05) is 0 Å². The van der Waals surface area contributed by atoms with E-state index in [2.05, 4.69) is 6.07 Å². The summed E-state index contributed by atoms with van der Waals surface area (Å²) in [4.78, 5) is 0. The van der Waals surface area contributed by atoms with Crippen molar-refractivity contribution in [3.8, 4) is 0 Å². The first-order valence-corrected chi connectivity index (χ1v) is 4.78. The maximum Gasteiger partial charge on any atom is 0.141 e. The topological polar surface area (TPSA) is 13.1 Å². The fourth-order valence-electron chi connectivity index (χ4n) is 1.73. The molecular weight excluding hydrogens is 196 g/mol. The molecule has 0 aliphatic rings. The zero-order chi connectivity index (χ0) is 9.54. The Morgan fingerprint density at radius 3 is 2.71 bits per heavy atom. The van der Waals surface area contributed by atoms with E-state index in [1.807, 2.05) is 30.3 Å². The zero-order valence-electron chi connectivity index (χ0n) is 7.33. The van der Waals surface area contributed by atoms with Crippen molar-refractivity contribution in [2.45, 2.75) is 0 Å². The molecule has 0 saturated heterocycles. The van der Waals surface area contributed by atoms with Gasteiger partial charge in [-0.3, -0.25) is 0 Å². The second-order valence-electron chi connectivity index (χ2n) is 3.27. The first-order chi connectivity index (χ1) is 6.84. The third kappa shape index (κ3) is 1.03. The van der Waals surface area contributed by atoms with Crippen LogP contribution in [-0.2, 0) is 0 Å². The number of rotatable bonds is 0. The van der Waals surface area contributed by atoms with Crippen LogP contribution in [0.2, 0.25) is 5.02 Å². The highest BCUT2D eigenvalue weighted by molar-refractivity contribution is 6.31. The monoisotopic (exact) mass is 202 g/mol. The van der Waals surface area contributed by atoms with Gasteiger partial charge in [-0.1, -0.05) is 23.7 Å². The summed E-state index contributed by atoms with van der Waals surface area (Å²) in [5, 5.41) is 4.10. The molecule has 0 unspecified atom stereocenters. The van der Waals surface area contributed by atoms with Crippen molar-refractivity contribution in [1.29, 1.82) is 0 Å². The van der Waals surface area contributed by atoms with E-state index in [9.17, 15) is 0 Å². The summed E-state index contributed by atoms with van der Waals surface area (Å²) in [7, 11) is 0. The molecular formula is C12H7ClO. The molecule has 1 aromatic heterocycles. The van der Waals surface area contributed by atoms with Gasteiger partial charge in [0.15, 0.2) is 0 Å². The molecule has 1 nitrogen and oxygen atoms in total. The summed E-state index contributed by atoms with van der Waals surface area (Å²) >= 11 is 5.91. The Labute approximate surface area is 85.9 Å². The second-order valence-corrected chi connectivity index (χ2v) is 3.71. The van der Waals surface area contributed by atoms with Crippen LogP contribution in [0.4, 0.5) is 0 Å². The fraction of sp³-hybridized carbons (Fsp3) is 0. The summed E-state index contributed by atoms with van der Waals surface area (Å²) in [6.45, 7) is 0. The van der Waals surface area contributed by atoms with E-state index < -0.39 is 0 Å². The van der Waals surface area contributed by atoms with Gasteiger partial charge >= 0.3 is 0 Å². The summed E-state index contributed by atoms with van der Waals surface area (Å²) < 4.78 is 5.43. The first-order valence-electron chi connectivity index (χ1n) is 4.40. The summed E-state index contributed by atoms with van der Waals surface area (Å²) in [6, 6.07) is 11.9. The standard InChI is InChI=1S/C12H7ClO/c13-10-3-4-11-9(7-10)2-1-8-5-6-14-12(8)11/h1-7H. The van der Waals surface area contributed by atoms with E-state index in [4.69, 9.17) is 16.0 Å². The lowest BCUT2D eigenvalue weighted by Crippen LogP contribution is -1.73. The highest BCUT2D eigenvalue weighted by atomic mass is 35.5. The van der Waals surface area contributed by atoms with Crippen molar-refractivity contribution >= 4 is 33.3 Å². The molecule has 0 N–H and O–H groups in total. The van der Waals surface area contributed by atoms with Crippen molar-refractivity contribution in [2.24, 2.45) is 0 Å². The van der Waals surface area contributed by atoms with E-state index in [0.717, 1.165) is 26.8 Å². The Hall–Kier alpha value is -1.47. The van der Waals surface area contributed by atoms with Gasteiger partial charge in [0.2, 0.25) is 0 Å². The van der Waals surface area contributed by atoms with E-state index in [0.29, 0.717) is 0 Å². The van der Waals surface area contributed by atoms with Crippen LogP contribution >= 0.6 is 11.6 Å². The second kappa shape index (κ2) is 2.76. The summed E-state index contributed by atoms with van der Waals surface area (Å²) in [6.07, 6.45) is 1.71. The Morgan fingerprint density at radius 1 is 0.929 bits per heavy atom. The maximum atomic E-state index is 5.91. The molecule has 1 heterocycles. The van der Waals surface area contributed by atoms with Gasteiger partial charge in [0.1, 0.15) is 5.58 Å². The Morgan fingerprint density at radius 2 is 1.79 bits per heavy atom. The lowest BCUT2D eigenvalue weighted by Gasteiger charge is -1.98. The largest absolute Gasteiger partial charge is 0.464 e. The molecule has 0 aliphatic carbocycles. The van der Waals surface area contributed by atoms with Gasteiger partial charge in [-0.2, -0.15) is 0 Å². The molecule has 0 radical (unpaired) electrons. The van der Waals surface area contributed by atoms with Gasteiger partial charge < -0.3 is 4.42 Å². The van der Waals surface area contributed by atoms with Crippen LogP contribution in [0.15, 0.2) is 47.1 Å². The molecule has 0 bridgehead atoms. The molecule has 0 saturated carbocycles. The zero-order valence-corrected chi connectivity index (χ0v) is 8.08. The molecule has 3 aromatic rings. The quantitative estimate of drug-likeness (QED) is 0.532. The molecule has 0 aliphatic heterocycles. The SMILES string of the molecule is Clc1ccc2c(ccc3ccoc32)c1. The highest BCUT2D eigenvalue weighted by Gasteiger charge is 2.02. The summed E-state index contributed by atoms with van der Waals surface area (Å²) in [5.74, 6) is 0. The van der Waals surface area contributed by atoms with Crippen LogP contribution in [0.5, 0.6) is 0 Å². The summed E-state index contributed by atoms with van der Waals surface area (Å²) in [5.41, 5.74) is 0.930. The Balaban J connectivity index is 2.57. The van der Waals surface area contributed by atoms with Gasteiger partial charge in [0.25, 0.3) is 0 Å². The predicted octanol–water partition coefficient (Wildman–Crippen LogP) is 4.24. The van der Waals surface area contributed by atoms with Crippen LogP contribution in [0.25, 0.3) is 21.7 Å². The minimum atomic E-state index is 0.753. The minimum absolute atomic E-state index is 0.753. The lowest BCUT2D eigenvalue weighted by molar-refractivity contribution is 0.619. The van der Waals surface area contributed by atoms with Crippen molar-refractivity contribution in [3.05, 3.63) is 47.7 Å². The molecule has 0 amide bonds. The van der Waals surface area contributed by atoms with Gasteiger partial charge in [0, 0.05) is 15.8 Å². The number of benzene rings is 2. The number of halogens is 1. The Kier molecular flexibility index (Phi) is 1.55. The van der Waals surface area contributed by atoms with Crippen LogP contribution in [-0.4, -0.2) is 0 Å². The van der Waals surface area contributed by atoms with E-state index in [-0.39, 0.29) is 0 Å². The van der Waals surface area contributed by atoms with Gasteiger partial charge in [0.05, 0.1) is 6.26 Å². The third-order valence-corrected chi connectivity index (χ3v) is 2.63. The lowest BCUT2D eigenvalue weighted by atomic mass is 10.1. The maximum absolute atomic E-state index is 5.91. The molecule has 0 fully saturated rings. The highest BCUT2D eigenvalue weighted by Crippen LogP contribution is 2.27. The first kappa shape index (κ1) is 7.89. The molecule has 2 heteroatoms. The minimum Gasteiger partial charge on any atom is -0.464 e. The average molecular weight is 203 g/mol. The third-order valence-electron chi connectivity index (χ3n) is 2.40. The van der Waals surface area contributed by atoms with E-state index >= 15 is 0 Å². The van der Waals surface area contributed by atoms with E-state index in [1.54, 1.807) is 6.26 Å². The van der Waals surface area contributed by atoms with Crippen LogP contribution in [0, 0.1) is 0 Å². The van der Waals surface area contributed by atoms with Gasteiger partial charge in [-0.05, 0) is 29.7 Å². The molecule has 0 spiro atoms. The average Bonchev–Trinajstić information content (AvgIpc) is 2.65. The number of hydrogen-bond acceptors (Lipinski definition) is 1. The van der Waals surface area contributed by atoms with Gasteiger partial charge in [-0.25, -0.2) is 0 Å². The van der Waals surface area contributed by atoms with Crippen LogP contribution < -0.4 is 0 Å². The fourth-order valence-corrected chi connectivity index (χ4v) is 1.91. The smallest absolute Gasteiger partial charge is 0.141 e. The molecule has 0 atom stereocenters. The van der Waals surface area contributed by atoms with Gasteiger partial charge in [-0.15, -0.1) is 0 Å². The Bertz CT molecular complexity index is 610. The number of furan rings is 1. The number of fused-ring (bicyclic) bond motifs is 3. The molecule has 68 valence electrons. The predicted molar refractivity (Wildman–Crippen MR) is 58.7 cm³/mol. The van der Waals surface area contributed by atoms with Crippen molar-refractivity contribution < 1.29 is 4.42 Å². The van der Waals surface area contributed by atoms with Crippen LogP contribution in [0.1, 0.15) is 0 Å². The van der Waals surface area contributed by atoms with Crippen molar-refractivity contribution in [1.82, 2.24) is 0 Å². The van der Waals surface area contributed by atoms with Crippen molar-refractivity contribution in [3.63, 3.8) is 0 Å². The molecule has 14 heavy (non-hydrogen) atoms. The molecule has 2 aromatic carbocycles. The number of hydrogen-bond donors (Lipinski definition) is 0. The van der Waals surface area contributed by atoms with Crippen LogP contribution in [0.3, 0.4) is 0 Å². The molecule has 3 rings (SSSR count). The van der Waals surface area contributed by atoms with E-state index in [1.165, 1.54) is 0 Å². The normalized spacial score (nSPS) is 11.2.